The lowest BCUT2D eigenvalue weighted by molar-refractivity contribution is -0.159. The average Bonchev–Trinajstić information content (AvgIpc) is 2.84. The number of nitrogens with two attached hydrogens (primary N) is 1. The van der Waals surface area contributed by atoms with Gasteiger partial charge >= 0.3 is 11.9 Å². The summed E-state index contributed by atoms with van der Waals surface area (Å²) in [6.07, 6.45) is 4.47. The molecule has 0 saturated carbocycles. The van der Waals surface area contributed by atoms with Gasteiger partial charge in [0.1, 0.15) is 0 Å². The van der Waals surface area contributed by atoms with Crippen molar-refractivity contribution in [3.63, 3.8) is 0 Å². The smallest absolute Gasteiger partial charge is 0.414 e. The quantitative estimate of drug-likeness (QED) is 0.733. The molecule has 0 unspecified atom stereocenters. The van der Waals surface area contributed by atoms with E-state index in [-0.39, 0.29) is 0 Å². The highest BCUT2D eigenvalue weighted by Gasteiger charge is 2.07. The lowest BCUT2D eigenvalue weighted by Gasteiger charge is -2.07. The number of nitrogens with zero attached hydrogens (tertiary/aromatic N) is 1. The summed E-state index contributed by atoms with van der Waals surface area (Å²) < 4.78 is 2.38. The second-order valence-electron chi connectivity index (χ2n) is 5.70. The van der Waals surface area contributed by atoms with Crippen molar-refractivity contribution in [3.05, 3.63) is 36.0 Å². The number of aliphatic carboxylic acids is 2. The minimum Gasteiger partial charge on any atom is -0.473 e. The molecule has 1 heterocycles. The predicted octanol–water partition coefficient (Wildman–Crippen LogP) is 2.34. The van der Waals surface area contributed by atoms with Crippen molar-refractivity contribution in [1.82, 2.24) is 4.57 Å². The molecule has 0 fully saturated rings. The number of carbonyl (C=O) groups is 2. The summed E-state index contributed by atoms with van der Waals surface area (Å²) in [5.41, 5.74) is 8.40. The van der Waals surface area contributed by atoms with Crippen molar-refractivity contribution in [1.29, 1.82) is 0 Å². The molecule has 23 heavy (non-hydrogen) atoms. The number of aryl methyl sites for hydroxylation is 1. The van der Waals surface area contributed by atoms with Crippen LogP contribution in [-0.4, -0.2) is 33.3 Å². The lowest BCUT2D eigenvalue weighted by Crippen LogP contribution is -2.09. The van der Waals surface area contributed by atoms with Gasteiger partial charge in [0, 0.05) is 23.6 Å². The van der Waals surface area contributed by atoms with Crippen LogP contribution in [0.15, 0.2) is 30.5 Å². The van der Waals surface area contributed by atoms with E-state index in [9.17, 15) is 0 Å². The number of para-hydroxylation sites is 1. The second kappa shape index (κ2) is 8.95. The first-order chi connectivity index (χ1) is 10.9. The predicted molar refractivity (Wildman–Crippen MR) is 89.4 cm³/mol. The largest absolute Gasteiger partial charge is 0.473 e. The molecule has 0 saturated heterocycles. The van der Waals surface area contributed by atoms with Gasteiger partial charge in [0.2, 0.25) is 0 Å². The van der Waals surface area contributed by atoms with Crippen LogP contribution in [-0.2, 0) is 22.6 Å². The van der Waals surface area contributed by atoms with Crippen molar-refractivity contribution in [2.24, 2.45) is 11.7 Å². The molecule has 0 bridgehead atoms. The Hall–Kier alpha value is -2.34. The van der Waals surface area contributed by atoms with Gasteiger partial charge in [-0.2, -0.15) is 0 Å². The topological polar surface area (TPSA) is 106 Å². The molecule has 1 aromatic heterocycles. The highest BCUT2D eigenvalue weighted by Crippen LogP contribution is 2.22. The van der Waals surface area contributed by atoms with Crippen LogP contribution < -0.4 is 5.73 Å². The Balaban J connectivity index is 0.000000379. The average molecular weight is 320 g/mol. The maximum Gasteiger partial charge on any atom is 0.414 e. The third kappa shape index (κ3) is 5.75. The van der Waals surface area contributed by atoms with Crippen molar-refractivity contribution < 1.29 is 19.8 Å². The van der Waals surface area contributed by atoms with E-state index >= 15 is 0 Å². The van der Waals surface area contributed by atoms with E-state index in [0.29, 0.717) is 0 Å². The number of fused-ring (bicyclic) bond motifs is 1. The Morgan fingerprint density at radius 2 is 1.78 bits per heavy atom. The highest BCUT2D eigenvalue weighted by molar-refractivity contribution is 6.27. The summed E-state index contributed by atoms with van der Waals surface area (Å²) in [4.78, 5) is 18.2. The minimum absolute atomic E-state index is 0.720. The Bertz CT molecular complexity index is 650. The van der Waals surface area contributed by atoms with Crippen LogP contribution >= 0.6 is 0 Å². The zero-order chi connectivity index (χ0) is 17.4. The summed E-state index contributed by atoms with van der Waals surface area (Å²) in [6.45, 7) is 6.36. The van der Waals surface area contributed by atoms with Gasteiger partial charge in [-0.25, -0.2) is 9.59 Å². The Kier molecular flexibility index (Phi) is 7.28. The van der Waals surface area contributed by atoms with Crippen LogP contribution in [0.5, 0.6) is 0 Å². The van der Waals surface area contributed by atoms with Crippen molar-refractivity contribution in [3.8, 4) is 0 Å². The molecule has 0 amide bonds. The number of hydrogen-bond donors (Lipinski definition) is 3. The van der Waals surface area contributed by atoms with E-state index in [1.165, 1.54) is 22.9 Å². The molecule has 0 atom stereocenters. The normalized spacial score (nSPS) is 10.4. The highest BCUT2D eigenvalue weighted by atomic mass is 16.4. The fraction of sp³-hybridized carbons (Fsp3) is 0.412. The lowest BCUT2D eigenvalue weighted by atomic mass is 10.1. The molecule has 0 aliphatic heterocycles. The van der Waals surface area contributed by atoms with E-state index < -0.39 is 11.9 Å². The number of carboxylic acid groups (broad SMARTS) is 2. The molecule has 0 aliphatic rings. The molecular weight excluding hydrogens is 296 g/mol. The van der Waals surface area contributed by atoms with Gasteiger partial charge in [-0.3, -0.25) is 0 Å². The molecule has 0 radical (unpaired) electrons. The fourth-order valence-electron chi connectivity index (χ4n) is 2.26. The van der Waals surface area contributed by atoms with E-state index in [4.69, 9.17) is 25.5 Å². The first kappa shape index (κ1) is 18.7. The van der Waals surface area contributed by atoms with Crippen LogP contribution in [0, 0.1) is 5.92 Å². The monoisotopic (exact) mass is 320 g/mol. The molecule has 0 spiro atoms. The summed E-state index contributed by atoms with van der Waals surface area (Å²) >= 11 is 0. The van der Waals surface area contributed by atoms with Gasteiger partial charge in [0.05, 0.1) is 0 Å². The first-order valence-corrected chi connectivity index (χ1v) is 7.59. The first-order valence-electron chi connectivity index (χ1n) is 7.59. The summed E-state index contributed by atoms with van der Waals surface area (Å²) in [7, 11) is 0. The minimum atomic E-state index is -1.82. The maximum atomic E-state index is 9.10. The number of aromatic nitrogens is 1. The standard InChI is InChI=1S/C15H22N2.C2H2O4/c1-12(2)8-10-17-11-13(7-9-16)14-5-3-4-6-15(14)17;3-1(4)2(5)6/h3-6,11-12H,7-10,16H2,1-2H3;(H,3,4)(H,5,6). The third-order valence-electron chi connectivity index (χ3n) is 3.42. The van der Waals surface area contributed by atoms with Gasteiger partial charge in [-0.1, -0.05) is 32.0 Å². The van der Waals surface area contributed by atoms with Gasteiger partial charge < -0.3 is 20.5 Å². The summed E-state index contributed by atoms with van der Waals surface area (Å²) in [5.74, 6) is -2.90. The molecule has 4 N–H and O–H groups in total. The van der Waals surface area contributed by atoms with Crippen LogP contribution in [0.4, 0.5) is 0 Å². The summed E-state index contributed by atoms with van der Waals surface area (Å²) in [5, 5.41) is 16.1. The molecule has 6 nitrogen and oxygen atoms in total. The van der Waals surface area contributed by atoms with Crippen LogP contribution in [0.1, 0.15) is 25.8 Å². The van der Waals surface area contributed by atoms with E-state index in [0.717, 1.165) is 25.4 Å². The van der Waals surface area contributed by atoms with Crippen molar-refractivity contribution >= 4 is 22.8 Å². The SMILES string of the molecule is CC(C)CCn1cc(CCN)c2ccccc21.O=C(O)C(=O)O. The number of rotatable bonds is 5. The molecular formula is C17H24N2O4. The second-order valence-corrected chi connectivity index (χ2v) is 5.70. The zero-order valence-corrected chi connectivity index (χ0v) is 13.5. The molecule has 0 aliphatic carbocycles. The van der Waals surface area contributed by atoms with Crippen LogP contribution in [0.3, 0.4) is 0 Å². The Morgan fingerprint density at radius 3 is 2.30 bits per heavy atom. The Morgan fingerprint density at radius 1 is 1.17 bits per heavy atom. The van der Waals surface area contributed by atoms with Crippen LogP contribution in [0.2, 0.25) is 0 Å². The van der Waals surface area contributed by atoms with E-state index in [1.54, 1.807) is 0 Å². The molecule has 2 rings (SSSR count). The number of carboxylic acids is 2. The molecule has 1 aromatic carbocycles. The fourth-order valence-corrected chi connectivity index (χ4v) is 2.26. The third-order valence-corrected chi connectivity index (χ3v) is 3.42. The van der Waals surface area contributed by atoms with Gasteiger partial charge in [0.25, 0.3) is 0 Å². The van der Waals surface area contributed by atoms with Crippen LogP contribution in [0.25, 0.3) is 10.9 Å². The van der Waals surface area contributed by atoms with E-state index in [2.05, 4.69) is 48.9 Å². The summed E-state index contributed by atoms with van der Waals surface area (Å²) in [6, 6.07) is 8.62. The molecule has 126 valence electrons. The maximum absolute atomic E-state index is 9.10. The van der Waals surface area contributed by atoms with Crippen molar-refractivity contribution in [2.75, 3.05) is 6.54 Å². The van der Waals surface area contributed by atoms with Gasteiger partial charge in [-0.05, 0) is 36.9 Å². The number of hydrogen-bond acceptors (Lipinski definition) is 3. The van der Waals surface area contributed by atoms with Crippen molar-refractivity contribution in [2.45, 2.75) is 33.2 Å². The Labute approximate surface area is 135 Å². The number of benzene rings is 1. The van der Waals surface area contributed by atoms with Gasteiger partial charge in [0.15, 0.2) is 0 Å². The van der Waals surface area contributed by atoms with Gasteiger partial charge in [-0.15, -0.1) is 0 Å². The molecule has 2 aromatic rings. The van der Waals surface area contributed by atoms with E-state index in [1.807, 2.05) is 0 Å². The molecule has 6 heteroatoms. The zero-order valence-electron chi connectivity index (χ0n) is 13.5.